The zero-order chi connectivity index (χ0) is 16.7. The van der Waals surface area contributed by atoms with E-state index in [2.05, 4.69) is 31.0 Å². The van der Waals surface area contributed by atoms with Crippen LogP contribution in [0.15, 0.2) is 24.3 Å². The monoisotopic (exact) mass is 354 g/mol. The number of benzene rings is 1. The summed E-state index contributed by atoms with van der Waals surface area (Å²) in [6, 6.07) is 7.97. The Balaban J connectivity index is 0.00000288. The SMILES string of the molecule is CCCN(C(=O)c1cccc(OCC(C)C)c1)C1CCNCC1.Cl. The first-order valence-corrected chi connectivity index (χ1v) is 8.86. The highest BCUT2D eigenvalue weighted by molar-refractivity contribution is 5.94. The molecule has 2 rings (SSSR count). The van der Waals surface area contributed by atoms with Gasteiger partial charge >= 0.3 is 0 Å². The highest BCUT2D eigenvalue weighted by Crippen LogP contribution is 2.20. The van der Waals surface area contributed by atoms with Crippen LogP contribution in [0.3, 0.4) is 0 Å². The van der Waals surface area contributed by atoms with Gasteiger partial charge in [-0.05, 0) is 56.5 Å². The van der Waals surface area contributed by atoms with Crippen molar-refractivity contribution in [2.75, 3.05) is 26.2 Å². The van der Waals surface area contributed by atoms with E-state index >= 15 is 0 Å². The molecule has 0 spiro atoms. The van der Waals surface area contributed by atoms with Crippen molar-refractivity contribution in [3.63, 3.8) is 0 Å². The van der Waals surface area contributed by atoms with Crippen LogP contribution in [0.2, 0.25) is 0 Å². The van der Waals surface area contributed by atoms with Crippen molar-refractivity contribution in [2.45, 2.75) is 46.1 Å². The summed E-state index contributed by atoms with van der Waals surface area (Å²) in [6.07, 6.45) is 3.06. The Bertz CT molecular complexity index is 502. The van der Waals surface area contributed by atoms with Crippen LogP contribution in [0.25, 0.3) is 0 Å². The smallest absolute Gasteiger partial charge is 0.254 e. The van der Waals surface area contributed by atoms with Gasteiger partial charge in [0.15, 0.2) is 0 Å². The largest absolute Gasteiger partial charge is 0.493 e. The first kappa shape index (κ1) is 20.8. The minimum atomic E-state index is 0. The Morgan fingerprint density at radius 2 is 2.04 bits per heavy atom. The van der Waals surface area contributed by atoms with Gasteiger partial charge < -0.3 is 15.0 Å². The Labute approximate surface area is 152 Å². The molecule has 1 amide bonds. The number of piperidine rings is 1. The van der Waals surface area contributed by atoms with E-state index in [-0.39, 0.29) is 18.3 Å². The molecule has 1 aliphatic rings. The molecule has 0 bridgehead atoms. The molecule has 1 aliphatic heterocycles. The first-order valence-electron chi connectivity index (χ1n) is 8.86. The van der Waals surface area contributed by atoms with Gasteiger partial charge in [0.1, 0.15) is 5.75 Å². The van der Waals surface area contributed by atoms with Crippen LogP contribution < -0.4 is 10.1 Å². The van der Waals surface area contributed by atoms with Crippen molar-refractivity contribution in [3.05, 3.63) is 29.8 Å². The van der Waals surface area contributed by atoms with Gasteiger partial charge in [-0.15, -0.1) is 12.4 Å². The van der Waals surface area contributed by atoms with Crippen molar-refractivity contribution < 1.29 is 9.53 Å². The molecular formula is C19H31ClN2O2. The van der Waals surface area contributed by atoms with Crippen LogP contribution in [0.5, 0.6) is 5.75 Å². The number of carbonyl (C=O) groups is 1. The predicted octanol–water partition coefficient (Wildman–Crippen LogP) is 3.75. The van der Waals surface area contributed by atoms with Gasteiger partial charge in [-0.1, -0.05) is 26.8 Å². The predicted molar refractivity (Wildman–Crippen MR) is 101 cm³/mol. The third-order valence-corrected chi connectivity index (χ3v) is 4.14. The maximum atomic E-state index is 13.0. The third kappa shape index (κ3) is 5.99. The normalized spacial score (nSPS) is 15.0. The fraction of sp³-hybridized carbons (Fsp3) is 0.632. The molecule has 1 aromatic rings. The minimum absolute atomic E-state index is 0. The molecule has 5 heteroatoms. The maximum absolute atomic E-state index is 13.0. The fourth-order valence-corrected chi connectivity index (χ4v) is 2.96. The molecular weight excluding hydrogens is 324 g/mol. The molecule has 24 heavy (non-hydrogen) atoms. The first-order chi connectivity index (χ1) is 11.1. The van der Waals surface area contributed by atoms with E-state index in [1.807, 2.05) is 24.3 Å². The molecule has 1 aromatic carbocycles. The number of carbonyl (C=O) groups excluding carboxylic acids is 1. The van der Waals surface area contributed by atoms with Crippen molar-refractivity contribution in [3.8, 4) is 5.75 Å². The number of amides is 1. The molecule has 1 heterocycles. The lowest BCUT2D eigenvalue weighted by Gasteiger charge is -2.34. The Morgan fingerprint density at radius 3 is 2.67 bits per heavy atom. The van der Waals surface area contributed by atoms with Gasteiger partial charge in [0.25, 0.3) is 5.91 Å². The van der Waals surface area contributed by atoms with E-state index in [1.165, 1.54) is 0 Å². The molecule has 0 aromatic heterocycles. The summed E-state index contributed by atoms with van der Waals surface area (Å²) in [5.41, 5.74) is 0.734. The van der Waals surface area contributed by atoms with Crippen molar-refractivity contribution in [1.82, 2.24) is 10.2 Å². The average Bonchev–Trinajstić information content (AvgIpc) is 2.58. The number of hydrogen-bond donors (Lipinski definition) is 1. The number of nitrogens with one attached hydrogen (secondary N) is 1. The molecule has 1 saturated heterocycles. The van der Waals surface area contributed by atoms with Gasteiger partial charge in [-0.3, -0.25) is 4.79 Å². The summed E-state index contributed by atoms with van der Waals surface area (Å²) < 4.78 is 5.76. The summed E-state index contributed by atoms with van der Waals surface area (Å²) in [5.74, 6) is 1.39. The molecule has 4 nitrogen and oxygen atoms in total. The lowest BCUT2D eigenvalue weighted by atomic mass is 10.0. The van der Waals surface area contributed by atoms with Crippen LogP contribution in [-0.2, 0) is 0 Å². The molecule has 0 atom stereocenters. The zero-order valence-corrected chi connectivity index (χ0v) is 15.9. The van der Waals surface area contributed by atoms with Crippen LogP contribution in [0.1, 0.15) is 50.4 Å². The second-order valence-electron chi connectivity index (χ2n) is 6.71. The molecule has 1 fully saturated rings. The highest BCUT2D eigenvalue weighted by Gasteiger charge is 2.25. The van der Waals surface area contributed by atoms with E-state index in [0.29, 0.717) is 18.6 Å². The molecule has 0 aliphatic carbocycles. The lowest BCUT2D eigenvalue weighted by Crippen LogP contribution is -2.46. The number of rotatable bonds is 7. The summed E-state index contributed by atoms with van der Waals surface area (Å²) in [5, 5.41) is 3.37. The Hall–Kier alpha value is -1.26. The molecule has 136 valence electrons. The number of nitrogens with zero attached hydrogens (tertiary/aromatic N) is 1. The van der Waals surface area contributed by atoms with Gasteiger partial charge in [0.2, 0.25) is 0 Å². The van der Waals surface area contributed by atoms with Crippen LogP contribution in [0, 0.1) is 5.92 Å². The second-order valence-corrected chi connectivity index (χ2v) is 6.71. The summed E-state index contributed by atoms with van der Waals surface area (Å²) >= 11 is 0. The van der Waals surface area contributed by atoms with E-state index in [0.717, 1.165) is 50.2 Å². The van der Waals surface area contributed by atoms with E-state index in [4.69, 9.17) is 4.74 Å². The van der Waals surface area contributed by atoms with Crippen molar-refractivity contribution in [2.24, 2.45) is 5.92 Å². The number of halogens is 1. The lowest BCUT2D eigenvalue weighted by molar-refractivity contribution is 0.0642. The second kappa shape index (κ2) is 10.6. The number of ether oxygens (including phenoxy) is 1. The van der Waals surface area contributed by atoms with E-state index < -0.39 is 0 Å². The summed E-state index contributed by atoms with van der Waals surface area (Å²) in [4.78, 5) is 15.0. The number of hydrogen-bond acceptors (Lipinski definition) is 3. The average molecular weight is 355 g/mol. The zero-order valence-electron chi connectivity index (χ0n) is 15.1. The Kier molecular flexibility index (Phi) is 9.16. The van der Waals surface area contributed by atoms with Crippen LogP contribution >= 0.6 is 12.4 Å². The van der Waals surface area contributed by atoms with Crippen molar-refractivity contribution in [1.29, 1.82) is 0 Å². The van der Waals surface area contributed by atoms with Crippen molar-refractivity contribution >= 4 is 18.3 Å². The standard InChI is InChI=1S/C19H30N2O2.ClH/c1-4-12-21(17-8-10-20-11-9-17)19(22)16-6-5-7-18(13-16)23-14-15(2)3;/h5-7,13,15,17,20H,4,8-12,14H2,1-3H3;1H. The van der Waals surface area contributed by atoms with E-state index in [1.54, 1.807) is 0 Å². The quantitative estimate of drug-likeness (QED) is 0.810. The minimum Gasteiger partial charge on any atom is -0.493 e. The summed E-state index contributed by atoms with van der Waals surface area (Å²) in [6.45, 7) is 9.85. The van der Waals surface area contributed by atoms with Gasteiger partial charge in [0, 0.05) is 18.2 Å². The Morgan fingerprint density at radius 1 is 1.33 bits per heavy atom. The molecule has 1 N–H and O–H groups in total. The molecule has 0 unspecified atom stereocenters. The molecule has 0 radical (unpaired) electrons. The van der Waals surface area contributed by atoms with Gasteiger partial charge in [0.05, 0.1) is 6.61 Å². The summed E-state index contributed by atoms with van der Waals surface area (Å²) in [7, 11) is 0. The molecule has 0 saturated carbocycles. The topological polar surface area (TPSA) is 41.6 Å². The van der Waals surface area contributed by atoms with Gasteiger partial charge in [-0.2, -0.15) is 0 Å². The maximum Gasteiger partial charge on any atom is 0.254 e. The van der Waals surface area contributed by atoms with Gasteiger partial charge in [-0.25, -0.2) is 0 Å². The third-order valence-electron chi connectivity index (χ3n) is 4.14. The highest BCUT2D eigenvalue weighted by atomic mass is 35.5. The fourth-order valence-electron chi connectivity index (χ4n) is 2.96. The van der Waals surface area contributed by atoms with E-state index in [9.17, 15) is 4.79 Å². The van der Waals surface area contributed by atoms with Crippen LogP contribution in [0.4, 0.5) is 0 Å². The van der Waals surface area contributed by atoms with Crippen LogP contribution in [-0.4, -0.2) is 43.1 Å².